The molecule has 31 heavy (non-hydrogen) atoms. The second kappa shape index (κ2) is 9.27. The van der Waals surface area contributed by atoms with Crippen LogP contribution in [0.5, 0.6) is 0 Å². The second-order valence-corrected chi connectivity index (χ2v) is 9.47. The molecule has 1 aliphatic heterocycles. The Hall–Kier alpha value is -2.59. The molecule has 1 saturated heterocycles. The predicted octanol–water partition coefficient (Wildman–Crippen LogP) is 2.47. The Morgan fingerprint density at radius 1 is 1.16 bits per heavy atom. The molecule has 3 atom stereocenters. The van der Waals surface area contributed by atoms with E-state index in [1.54, 1.807) is 30.5 Å². The minimum absolute atomic E-state index is 0.00806. The lowest BCUT2D eigenvalue weighted by molar-refractivity contribution is -0.113. The largest absolute Gasteiger partial charge is 0.390 e. The highest BCUT2D eigenvalue weighted by Gasteiger charge is 2.31. The molecular formula is C22H25N3O5S. The van der Waals surface area contributed by atoms with Crippen LogP contribution in [-0.4, -0.2) is 48.5 Å². The number of aliphatic hydroxyl groups is 1. The van der Waals surface area contributed by atoms with Gasteiger partial charge in [0.05, 0.1) is 28.9 Å². The predicted molar refractivity (Wildman–Crippen MR) is 114 cm³/mol. The van der Waals surface area contributed by atoms with E-state index in [9.17, 15) is 13.5 Å². The van der Waals surface area contributed by atoms with Crippen LogP contribution in [0.4, 0.5) is 0 Å². The molecule has 0 radical (unpaired) electrons. The van der Waals surface area contributed by atoms with Crippen LogP contribution >= 0.6 is 0 Å². The first-order valence-electron chi connectivity index (χ1n) is 10.2. The van der Waals surface area contributed by atoms with Gasteiger partial charge in [0.25, 0.3) is 0 Å². The number of ether oxygens (including phenoxy) is 1. The molecule has 9 heteroatoms. The lowest BCUT2D eigenvalue weighted by Crippen LogP contribution is -2.46. The maximum Gasteiger partial charge on any atom is 0.240 e. The van der Waals surface area contributed by atoms with Gasteiger partial charge >= 0.3 is 0 Å². The van der Waals surface area contributed by atoms with E-state index in [4.69, 9.17) is 9.26 Å². The van der Waals surface area contributed by atoms with Crippen molar-refractivity contribution >= 4 is 10.0 Å². The first-order chi connectivity index (χ1) is 14.9. The number of hydrogen-bond donors (Lipinski definition) is 2. The van der Waals surface area contributed by atoms with Crippen LogP contribution in [0.3, 0.4) is 0 Å². The Kier molecular flexibility index (Phi) is 6.47. The quantitative estimate of drug-likeness (QED) is 0.576. The van der Waals surface area contributed by atoms with Gasteiger partial charge in [0.2, 0.25) is 10.0 Å². The molecule has 3 heterocycles. The molecule has 0 spiro atoms. The number of nitrogens with zero attached hydrogens (tertiary/aromatic N) is 2. The average Bonchev–Trinajstić information content (AvgIpc) is 3.23. The Morgan fingerprint density at radius 3 is 2.71 bits per heavy atom. The molecular weight excluding hydrogens is 418 g/mol. The highest BCUT2D eigenvalue weighted by atomic mass is 32.2. The van der Waals surface area contributed by atoms with Crippen LogP contribution in [0.2, 0.25) is 0 Å². The molecule has 0 aliphatic carbocycles. The van der Waals surface area contributed by atoms with Gasteiger partial charge in [-0.1, -0.05) is 28.9 Å². The summed E-state index contributed by atoms with van der Waals surface area (Å²) in [6, 6.07) is 14.0. The molecule has 0 unspecified atom stereocenters. The van der Waals surface area contributed by atoms with Crippen LogP contribution < -0.4 is 4.72 Å². The zero-order chi connectivity index (χ0) is 21.8. The van der Waals surface area contributed by atoms with Crippen molar-refractivity contribution in [3.8, 4) is 11.5 Å². The Labute approximate surface area is 181 Å². The van der Waals surface area contributed by atoms with Gasteiger partial charge in [-0.05, 0) is 44.0 Å². The van der Waals surface area contributed by atoms with Crippen LogP contribution in [0, 0.1) is 6.92 Å². The molecule has 0 saturated carbocycles. The first kappa shape index (κ1) is 21.6. The van der Waals surface area contributed by atoms with Crippen molar-refractivity contribution in [2.75, 3.05) is 6.54 Å². The van der Waals surface area contributed by atoms with Gasteiger partial charge in [0, 0.05) is 25.2 Å². The third-order valence-corrected chi connectivity index (χ3v) is 6.74. The summed E-state index contributed by atoms with van der Waals surface area (Å²) in [5.41, 5.74) is 2.40. The Morgan fingerprint density at radius 2 is 1.97 bits per heavy atom. The second-order valence-electron chi connectivity index (χ2n) is 7.71. The van der Waals surface area contributed by atoms with Gasteiger partial charge in [-0.3, -0.25) is 4.98 Å². The van der Waals surface area contributed by atoms with Gasteiger partial charge in [0.1, 0.15) is 5.69 Å². The van der Waals surface area contributed by atoms with Crippen molar-refractivity contribution in [1.29, 1.82) is 0 Å². The minimum Gasteiger partial charge on any atom is -0.390 e. The summed E-state index contributed by atoms with van der Waals surface area (Å²) >= 11 is 0. The van der Waals surface area contributed by atoms with Crippen LogP contribution in [0.15, 0.2) is 64.1 Å². The molecule has 0 amide bonds. The summed E-state index contributed by atoms with van der Waals surface area (Å²) in [5, 5.41) is 14.4. The molecule has 1 fully saturated rings. The summed E-state index contributed by atoms with van der Waals surface area (Å²) in [6.07, 6.45) is 1.79. The Bertz CT molecular complexity index is 1100. The van der Waals surface area contributed by atoms with Crippen LogP contribution in [0.1, 0.15) is 24.1 Å². The number of nitrogens with one attached hydrogen (secondary N) is 1. The zero-order valence-electron chi connectivity index (χ0n) is 17.1. The monoisotopic (exact) mass is 443 g/mol. The number of pyridine rings is 1. The number of aromatic nitrogens is 2. The average molecular weight is 444 g/mol. The van der Waals surface area contributed by atoms with Crippen molar-refractivity contribution < 1.29 is 22.8 Å². The zero-order valence-corrected chi connectivity index (χ0v) is 18.0. The summed E-state index contributed by atoms with van der Waals surface area (Å²) < 4.78 is 39.0. The SMILES string of the molecule is Cc1ccc(S(=O)(=O)NC[C@H]2O[C@H](Cc3cc(-c4ccccn4)on3)CC[C@@H]2O)cc1. The van der Waals surface area contributed by atoms with E-state index < -0.39 is 22.2 Å². The van der Waals surface area contributed by atoms with Gasteiger partial charge in [-0.15, -0.1) is 0 Å². The normalized spacial score (nSPS) is 21.8. The van der Waals surface area contributed by atoms with Crippen molar-refractivity contribution in [2.24, 2.45) is 0 Å². The molecule has 4 rings (SSSR count). The van der Waals surface area contributed by atoms with E-state index in [-0.39, 0.29) is 17.5 Å². The third-order valence-electron chi connectivity index (χ3n) is 5.30. The topological polar surface area (TPSA) is 115 Å². The highest BCUT2D eigenvalue weighted by Crippen LogP contribution is 2.24. The fourth-order valence-corrected chi connectivity index (χ4v) is 4.59. The Balaban J connectivity index is 1.36. The number of rotatable bonds is 7. The van der Waals surface area contributed by atoms with Crippen molar-refractivity contribution in [1.82, 2.24) is 14.9 Å². The maximum absolute atomic E-state index is 12.5. The summed E-state index contributed by atoms with van der Waals surface area (Å²) in [4.78, 5) is 4.43. The number of hydrogen-bond acceptors (Lipinski definition) is 7. The van der Waals surface area contributed by atoms with Gasteiger partial charge in [0.15, 0.2) is 5.76 Å². The third kappa shape index (κ3) is 5.37. The molecule has 1 aliphatic rings. The van der Waals surface area contributed by atoms with Gasteiger partial charge in [-0.25, -0.2) is 13.1 Å². The first-order valence-corrected chi connectivity index (χ1v) is 11.7. The summed E-state index contributed by atoms with van der Waals surface area (Å²) in [5.74, 6) is 0.578. The maximum atomic E-state index is 12.5. The van der Waals surface area contributed by atoms with Crippen molar-refractivity contribution in [3.05, 3.63) is 66.0 Å². The number of benzene rings is 1. The molecule has 0 bridgehead atoms. The van der Waals surface area contributed by atoms with Gasteiger partial charge < -0.3 is 14.4 Å². The van der Waals surface area contributed by atoms with E-state index in [1.165, 1.54) is 0 Å². The lowest BCUT2D eigenvalue weighted by atomic mass is 9.98. The molecule has 2 N–H and O–H groups in total. The molecule has 2 aromatic heterocycles. The molecule has 164 valence electrons. The van der Waals surface area contributed by atoms with Crippen LogP contribution in [-0.2, 0) is 21.2 Å². The molecule has 1 aromatic carbocycles. The minimum atomic E-state index is -3.68. The molecule has 3 aromatic rings. The van der Waals surface area contributed by atoms with E-state index in [1.807, 2.05) is 31.2 Å². The summed E-state index contributed by atoms with van der Waals surface area (Å²) in [6.45, 7) is 1.89. The highest BCUT2D eigenvalue weighted by molar-refractivity contribution is 7.89. The van der Waals surface area contributed by atoms with E-state index in [0.29, 0.717) is 30.7 Å². The standard InChI is InChI=1S/C22H25N3O5S/c1-15-5-8-18(9-6-15)31(27,28)24-14-22-20(26)10-7-17(29-22)12-16-13-21(30-25-16)19-4-2-3-11-23-19/h2-6,8-9,11,13,17,20,22,24,26H,7,10,12,14H2,1H3/t17-,20-,22+/m0/s1. The van der Waals surface area contributed by atoms with Crippen molar-refractivity contribution in [3.63, 3.8) is 0 Å². The smallest absolute Gasteiger partial charge is 0.240 e. The number of sulfonamides is 1. The molecule has 8 nitrogen and oxygen atoms in total. The fourth-order valence-electron chi connectivity index (χ4n) is 3.55. The number of aryl methyl sites for hydroxylation is 1. The fraction of sp³-hybridized carbons (Fsp3) is 0.364. The van der Waals surface area contributed by atoms with Crippen molar-refractivity contribution in [2.45, 2.75) is 49.4 Å². The summed E-state index contributed by atoms with van der Waals surface area (Å²) in [7, 11) is -3.68. The van der Waals surface area contributed by atoms with Gasteiger partial charge in [-0.2, -0.15) is 0 Å². The lowest BCUT2D eigenvalue weighted by Gasteiger charge is -2.33. The van der Waals surface area contributed by atoms with E-state index >= 15 is 0 Å². The van der Waals surface area contributed by atoms with E-state index in [2.05, 4.69) is 14.9 Å². The number of aliphatic hydroxyl groups excluding tert-OH is 1. The van der Waals surface area contributed by atoms with Crippen LogP contribution in [0.25, 0.3) is 11.5 Å². The van der Waals surface area contributed by atoms with E-state index in [0.717, 1.165) is 11.3 Å².